The summed E-state index contributed by atoms with van der Waals surface area (Å²) in [7, 11) is 1.62. The summed E-state index contributed by atoms with van der Waals surface area (Å²) in [5.74, 6) is -0.0862. The van der Waals surface area contributed by atoms with Crippen LogP contribution >= 0.6 is 23.2 Å². The van der Waals surface area contributed by atoms with E-state index in [9.17, 15) is 4.79 Å². The summed E-state index contributed by atoms with van der Waals surface area (Å²) in [5, 5.41) is 11.3. The first kappa shape index (κ1) is 16.6. The molecule has 0 unspecified atom stereocenters. The molecule has 0 fully saturated rings. The van der Waals surface area contributed by atoms with Crippen molar-refractivity contribution in [2.45, 2.75) is 13.8 Å². The first-order valence-corrected chi connectivity index (χ1v) is 7.00. The van der Waals surface area contributed by atoms with Crippen LogP contribution in [0.3, 0.4) is 0 Å². The first-order valence-electron chi connectivity index (χ1n) is 6.24. The molecule has 0 bridgehead atoms. The molecule has 20 heavy (non-hydrogen) atoms. The van der Waals surface area contributed by atoms with Crippen molar-refractivity contribution in [1.82, 2.24) is 10.2 Å². The summed E-state index contributed by atoms with van der Waals surface area (Å²) < 4.78 is 0. The lowest BCUT2D eigenvalue weighted by Crippen LogP contribution is -2.48. The highest BCUT2D eigenvalue weighted by molar-refractivity contribution is 6.40. The lowest BCUT2D eigenvalue weighted by Gasteiger charge is -2.25. The summed E-state index contributed by atoms with van der Waals surface area (Å²) >= 11 is 12.2. The molecule has 0 heterocycles. The van der Waals surface area contributed by atoms with Gasteiger partial charge in [-0.25, -0.2) is 4.79 Å². The minimum absolute atomic E-state index is 0.0862. The van der Waals surface area contributed by atoms with Crippen molar-refractivity contribution in [3.05, 3.63) is 28.2 Å². The van der Waals surface area contributed by atoms with E-state index in [1.54, 1.807) is 30.1 Å². The minimum atomic E-state index is -0.324. The zero-order valence-electron chi connectivity index (χ0n) is 11.7. The summed E-state index contributed by atoms with van der Waals surface area (Å²) in [6.07, 6.45) is 0. The van der Waals surface area contributed by atoms with Gasteiger partial charge in [0.05, 0.1) is 15.7 Å². The van der Waals surface area contributed by atoms with E-state index in [4.69, 9.17) is 28.6 Å². The van der Waals surface area contributed by atoms with Crippen LogP contribution in [0.4, 0.5) is 10.5 Å². The van der Waals surface area contributed by atoms with E-state index >= 15 is 0 Å². The molecule has 5 nitrogen and oxygen atoms in total. The molecule has 0 saturated carbocycles. The van der Waals surface area contributed by atoms with Gasteiger partial charge in [0.2, 0.25) is 5.96 Å². The van der Waals surface area contributed by atoms with Gasteiger partial charge < -0.3 is 9.80 Å². The quantitative estimate of drug-likeness (QED) is 0.663. The normalized spacial score (nSPS) is 10.1. The third-order valence-electron chi connectivity index (χ3n) is 2.88. The lowest BCUT2D eigenvalue weighted by atomic mass is 10.3. The maximum Gasteiger partial charge on any atom is 0.324 e. The number of rotatable bonds is 3. The van der Waals surface area contributed by atoms with Crippen LogP contribution in [0.25, 0.3) is 0 Å². The van der Waals surface area contributed by atoms with Gasteiger partial charge >= 0.3 is 6.03 Å². The van der Waals surface area contributed by atoms with E-state index in [1.165, 1.54) is 4.90 Å². The Morgan fingerprint density at radius 2 is 1.75 bits per heavy atom. The van der Waals surface area contributed by atoms with E-state index < -0.39 is 0 Å². The van der Waals surface area contributed by atoms with Crippen molar-refractivity contribution in [3.8, 4) is 0 Å². The van der Waals surface area contributed by atoms with Crippen LogP contribution in [0.15, 0.2) is 18.2 Å². The Morgan fingerprint density at radius 1 is 1.25 bits per heavy atom. The Labute approximate surface area is 129 Å². The van der Waals surface area contributed by atoms with E-state index in [2.05, 4.69) is 5.32 Å². The second-order valence-corrected chi connectivity index (χ2v) is 4.89. The molecule has 1 aromatic rings. The molecule has 0 saturated heterocycles. The number of amides is 2. The van der Waals surface area contributed by atoms with Crippen LogP contribution in [0.1, 0.15) is 13.8 Å². The fraction of sp³-hybridized carbons (Fsp3) is 0.385. The van der Waals surface area contributed by atoms with Gasteiger partial charge in [-0.2, -0.15) is 0 Å². The second-order valence-electron chi connectivity index (χ2n) is 4.08. The number of urea groups is 1. The molecular formula is C13H18Cl2N4O. The van der Waals surface area contributed by atoms with Crippen molar-refractivity contribution >= 4 is 40.9 Å². The smallest absolute Gasteiger partial charge is 0.324 e. The van der Waals surface area contributed by atoms with E-state index in [-0.39, 0.29) is 12.0 Å². The Morgan fingerprint density at radius 3 is 2.20 bits per heavy atom. The van der Waals surface area contributed by atoms with Crippen molar-refractivity contribution in [1.29, 1.82) is 5.41 Å². The first-order chi connectivity index (χ1) is 9.42. The Balaban J connectivity index is 2.85. The topological polar surface area (TPSA) is 59.4 Å². The molecule has 1 aromatic carbocycles. The minimum Gasteiger partial charge on any atom is -0.325 e. The number of carbonyl (C=O) groups excluding carboxylic acids is 1. The Hall–Kier alpha value is -1.46. The SMILES string of the molecule is CCN(CC)C(=O)NC(=N)N(C)c1c(Cl)cccc1Cl. The molecule has 0 spiro atoms. The molecule has 2 amide bonds. The maximum absolute atomic E-state index is 11.9. The number of nitrogens with zero attached hydrogens (tertiary/aromatic N) is 2. The number of hydrogen-bond acceptors (Lipinski definition) is 2. The number of nitrogens with one attached hydrogen (secondary N) is 2. The number of anilines is 1. The van der Waals surface area contributed by atoms with Gasteiger partial charge in [0.15, 0.2) is 0 Å². The average molecular weight is 317 g/mol. The molecular weight excluding hydrogens is 299 g/mol. The predicted molar refractivity (Wildman–Crippen MR) is 84.0 cm³/mol. The van der Waals surface area contributed by atoms with E-state index in [1.807, 2.05) is 13.8 Å². The van der Waals surface area contributed by atoms with Crippen LogP contribution < -0.4 is 10.2 Å². The molecule has 110 valence electrons. The summed E-state index contributed by atoms with van der Waals surface area (Å²) in [6.45, 7) is 4.90. The van der Waals surface area contributed by atoms with Gasteiger partial charge in [0.25, 0.3) is 0 Å². The van der Waals surface area contributed by atoms with E-state index in [0.29, 0.717) is 28.8 Å². The summed E-state index contributed by atoms with van der Waals surface area (Å²) in [5.41, 5.74) is 0.487. The standard InChI is InChI=1S/C13H18Cl2N4O/c1-4-19(5-2)13(20)17-12(16)18(3)11-9(14)7-6-8-10(11)15/h6-8H,4-5H2,1-3H3,(H2,16,17,20). The number of guanidine groups is 1. The van der Waals surface area contributed by atoms with Crippen molar-refractivity contribution in [2.75, 3.05) is 25.0 Å². The third-order valence-corrected chi connectivity index (χ3v) is 3.49. The monoisotopic (exact) mass is 316 g/mol. The average Bonchev–Trinajstić information content (AvgIpc) is 2.39. The zero-order valence-corrected chi connectivity index (χ0v) is 13.2. The van der Waals surface area contributed by atoms with Crippen LogP contribution in [-0.2, 0) is 0 Å². The van der Waals surface area contributed by atoms with Crippen molar-refractivity contribution in [2.24, 2.45) is 0 Å². The third kappa shape index (κ3) is 3.77. The highest BCUT2D eigenvalue weighted by atomic mass is 35.5. The highest BCUT2D eigenvalue weighted by Gasteiger charge is 2.18. The predicted octanol–water partition coefficient (Wildman–Crippen LogP) is 3.42. The second kappa shape index (κ2) is 7.36. The van der Waals surface area contributed by atoms with Gasteiger partial charge in [0, 0.05) is 20.1 Å². The van der Waals surface area contributed by atoms with Crippen LogP contribution in [0.2, 0.25) is 10.0 Å². The maximum atomic E-state index is 11.9. The largest absolute Gasteiger partial charge is 0.325 e. The fourth-order valence-corrected chi connectivity index (χ4v) is 2.35. The fourth-order valence-electron chi connectivity index (χ4n) is 1.70. The number of carbonyl (C=O) groups is 1. The number of benzene rings is 1. The molecule has 0 radical (unpaired) electrons. The van der Waals surface area contributed by atoms with Crippen LogP contribution in [0.5, 0.6) is 0 Å². The molecule has 0 aliphatic carbocycles. The summed E-state index contributed by atoms with van der Waals surface area (Å²) in [4.78, 5) is 14.9. The number of hydrogen-bond donors (Lipinski definition) is 2. The van der Waals surface area contributed by atoms with Crippen LogP contribution in [0, 0.1) is 5.41 Å². The van der Waals surface area contributed by atoms with Gasteiger partial charge in [-0.1, -0.05) is 29.3 Å². The van der Waals surface area contributed by atoms with Gasteiger partial charge in [-0.05, 0) is 26.0 Å². The molecule has 0 aliphatic rings. The Kier molecular flexibility index (Phi) is 6.10. The lowest BCUT2D eigenvalue weighted by molar-refractivity contribution is 0.208. The molecule has 2 N–H and O–H groups in total. The highest BCUT2D eigenvalue weighted by Crippen LogP contribution is 2.32. The number of para-hydroxylation sites is 1. The molecule has 0 aromatic heterocycles. The molecule has 0 atom stereocenters. The molecule has 7 heteroatoms. The summed E-state index contributed by atoms with van der Waals surface area (Å²) in [6, 6.07) is 4.76. The Bertz CT molecular complexity index is 483. The van der Waals surface area contributed by atoms with Crippen molar-refractivity contribution in [3.63, 3.8) is 0 Å². The van der Waals surface area contributed by atoms with Gasteiger partial charge in [0.1, 0.15) is 0 Å². The van der Waals surface area contributed by atoms with Gasteiger partial charge in [-0.3, -0.25) is 10.7 Å². The van der Waals surface area contributed by atoms with Gasteiger partial charge in [-0.15, -0.1) is 0 Å². The zero-order chi connectivity index (χ0) is 15.3. The van der Waals surface area contributed by atoms with Crippen molar-refractivity contribution < 1.29 is 4.79 Å². The van der Waals surface area contributed by atoms with E-state index in [0.717, 1.165) is 0 Å². The van der Waals surface area contributed by atoms with Crippen LogP contribution in [-0.4, -0.2) is 37.0 Å². The molecule has 1 rings (SSSR count). The number of halogens is 2. The molecule has 0 aliphatic heterocycles.